The topological polar surface area (TPSA) is 25.4 Å². The Morgan fingerprint density at radius 1 is 1.37 bits per heavy atom. The molecule has 102 valence electrons. The molecule has 0 atom stereocenters. The molecule has 0 bridgehead atoms. The van der Waals surface area contributed by atoms with Crippen LogP contribution in [0.5, 0.6) is 5.75 Å². The van der Waals surface area contributed by atoms with Gasteiger partial charge in [0.1, 0.15) is 5.75 Å². The predicted octanol–water partition coefficient (Wildman–Crippen LogP) is 3.30. The lowest BCUT2D eigenvalue weighted by Crippen LogP contribution is -2.53. The molecule has 0 unspecified atom stereocenters. The third-order valence-corrected chi connectivity index (χ3v) is 4.30. The minimum Gasteiger partial charge on any atom is -0.497 e. The van der Waals surface area contributed by atoms with Gasteiger partial charge in [0.15, 0.2) is 5.13 Å². The van der Waals surface area contributed by atoms with E-state index in [1.54, 1.807) is 18.1 Å². The van der Waals surface area contributed by atoms with Crippen LogP contribution in [-0.4, -0.2) is 31.4 Å². The number of aromatic nitrogens is 1. The number of methoxy groups -OCH3 is 1. The van der Waals surface area contributed by atoms with Gasteiger partial charge in [0.2, 0.25) is 0 Å². The van der Waals surface area contributed by atoms with E-state index in [0.717, 1.165) is 10.2 Å². The number of anilines is 1. The Kier molecular flexibility index (Phi) is 2.81. The van der Waals surface area contributed by atoms with E-state index < -0.39 is 12.1 Å². The molecule has 2 heterocycles. The molecule has 0 aliphatic carbocycles. The maximum Gasteiger partial charge on any atom is 0.395 e. The van der Waals surface area contributed by atoms with Crippen LogP contribution >= 0.6 is 11.3 Å². The summed E-state index contributed by atoms with van der Waals surface area (Å²) in [6.07, 6.45) is -4.10. The van der Waals surface area contributed by atoms with Crippen molar-refractivity contribution in [1.29, 1.82) is 0 Å². The van der Waals surface area contributed by atoms with Crippen molar-refractivity contribution in [3.05, 3.63) is 18.2 Å². The third kappa shape index (κ3) is 2.22. The molecule has 2 aromatic rings. The van der Waals surface area contributed by atoms with Crippen LogP contribution in [-0.2, 0) is 0 Å². The molecule has 0 N–H and O–H groups in total. The Morgan fingerprint density at radius 3 is 2.74 bits per heavy atom. The maximum absolute atomic E-state index is 12.4. The maximum atomic E-state index is 12.4. The average molecular weight is 288 g/mol. The summed E-state index contributed by atoms with van der Waals surface area (Å²) in [5.74, 6) is -0.532. The molecule has 1 aromatic heterocycles. The van der Waals surface area contributed by atoms with Crippen LogP contribution in [0.1, 0.15) is 0 Å². The van der Waals surface area contributed by atoms with Crippen LogP contribution in [0.3, 0.4) is 0 Å². The van der Waals surface area contributed by atoms with Crippen molar-refractivity contribution >= 4 is 26.7 Å². The first kappa shape index (κ1) is 12.5. The van der Waals surface area contributed by atoms with Crippen molar-refractivity contribution in [2.75, 3.05) is 25.1 Å². The van der Waals surface area contributed by atoms with Crippen LogP contribution in [0.25, 0.3) is 10.2 Å². The van der Waals surface area contributed by atoms with Crippen LogP contribution in [0.2, 0.25) is 0 Å². The van der Waals surface area contributed by atoms with E-state index in [1.165, 1.54) is 11.3 Å². The Bertz CT molecular complexity index is 605. The van der Waals surface area contributed by atoms with Crippen molar-refractivity contribution in [1.82, 2.24) is 4.98 Å². The van der Waals surface area contributed by atoms with E-state index in [-0.39, 0.29) is 13.1 Å². The zero-order chi connectivity index (χ0) is 13.6. The molecule has 3 rings (SSSR count). The summed E-state index contributed by atoms with van der Waals surface area (Å²) in [5, 5.41) is 0.642. The fraction of sp³-hybridized carbons (Fsp3) is 0.417. The van der Waals surface area contributed by atoms with Gasteiger partial charge in [-0.15, -0.1) is 0 Å². The van der Waals surface area contributed by atoms with E-state index in [1.807, 2.05) is 12.1 Å². The summed E-state index contributed by atoms with van der Waals surface area (Å²) in [4.78, 5) is 6.02. The molecular formula is C12H11F3N2OS. The minimum atomic E-state index is -4.10. The monoisotopic (exact) mass is 288 g/mol. The summed E-state index contributed by atoms with van der Waals surface area (Å²) in [6, 6.07) is 5.48. The summed E-state index contributed by atoms with van der Waals surface area (Å²) in [6.45, 7) is 0.000906. The van der Waals surface area contributed by atoms with Crippen molar-refractivity contribution < 1.29 is 17.9 Å². The lowest BCUT2D eigenvalue weighted by molar-refractivity contribution is -0.180. The van der Waals surface area contributed by atoms with Crippen molar-refractivity contribution in [3.63, 3.8) is 0 Å². The summed E-state index contributed by atoms with van der Waals surface area (Å²) < 4.78 is 43.3. The first-order valence-electron chi connectivity index (χ1n) is 5.73. The Morgan fingerprint density at radius 2 is 2.11 bits per heavy atom. The van der Waals surface area contributed by atoms with Gasteiger partial charge in [0.25, 0.3) is 0 Å². The highest BCUT2D eigenvalue weighted by molar-refractivity contribution is 7.22. The Hall–Kier alpha value is -1.50. The number of rotatable bonds is 2. The molecule has 1 aromatic carbocycles. The summed E-state index contributed by atoms with van der Waals surface area (Å²) in [7, 11) is 1.57. The van der Waals surface area contributed by atoms with Gasteiger partial charge in [-0.1, -0.05) is 11.3 Å². The number of alkyl halides is 3. The van der Waals surface area contributed by atoms with E-state index in [0.29, 0.717) is 10.9 Å². The number of ether oxygens (including phenoxy) is 1. The van der Waals surface area contributed by atoms with E-state index in [2.05, 4.69) is 4.98 Å². The van der Waals surface area contributed by atoms with Gasteiger partial charge >= 0.3 is 6.18 Å². The quantitative estimate of drug-likeness (QED) is 0.848. The first-order chi connectivity index (χ1) is 8.97. The van der Waals surface area contributed by atoms with Gasteiger partial charge in [-0.25, -0.2) is 4.98 Å². The standard InChI is InChI=1S/C12H11F3N2OS/c1-18-8-2-3-10-9(4-8)16-11(19-10)17-5-7(6-17)12(13,14)15/h2-4,7H,5-6H2,1H3. The molecule has 1 fully saturated rings. The van der Waals surface area contributed by atoms with E-state index in [9.17, 15) is 13.2 Å². The van der Waals surface area contributed by atoms with Gasteiger partial charge in [-0.05, 0) is 12.1 Å². The molecule has 0 saturated carbocycles. The Balaban J connectivity index is 1.80. The van der Waals surface area contributed by atoms with Gasteiger partial charge in [-0.2, -0.15) is 13.2 Å². The molecule has 1 aliphatic heterocycles. The van der Waals surface area contributed by atoms with Crippen LogP contribution in [0, 0.1) is 5.92 Å². The lowest BCUT2D eigenvalue weighted by Gasteiger charge is -2.39. The van der Waals surface area contributed by atoms with Crippen LogP contribution in [0.4, 0.5) is 18.3 Å². The van der Waals surface area contributed by atoms with Crippen molar-refractivity contribution in [2.45, 2.75) is 6.18 Å². The second-order valence-corrected chi connectivity index (χ2v) is 5.48. The van der Waals surface area contributed by atoms with Gasteiger partial charge in [-0.3, -0.25) is 0 Å². The lowest BCUT2D eigenvalue weighted by atomic mass is 10.0. The fourth-order valence-electron chi connectivity index (χ4n) is 2.00. The van der Waals surface area contributed by atoms with E-state index in [4.69, 9.17) is 4.74 Å². The second-order valence-electron chi connectivity index (χ2n) is 4.47. The normalized spacial score (nSPS) is 16.7. The number of nitrogens with zero attached hydrogens (tertiary/aromatic N) is 2. The highest BCUT2D eigenvalue weighted by atomic mass is 32.1. The van der Waals surface area contributed by atoms with Gasteiger partial charge in [0.05, 0.1) is 23.2 Å². The number of benzene rings is 1. The molecule has 0 amide bonds. The number of fused-ring (bicyclic) bond motifs is 1. The number of hydrogen-bond acceptors (Lipinski definition) is 4. The third-order valence-electron chi connectivity index (χ3n) is 3.20. The molecular weight excluding hydrogens is 277 g/mol. The fourth-order valence-corrected chi connectivity index (χ4v) is 2.96. The first-order valence-corrected chi connectivity index (χ1v) is 6.55. The molecule has 0 spiro atoms. The average Bonchev–Trinajstić information content (AvgIpc) is 2.66. The van der Waals surface area contributed by atoms with Crippen LogP contribution in [0.15, 0.2) is 18.2 Å². The summed E-state index contributed by atoms with van der Waals surface area (Å²) in [5.41, 5.74) is 0.759. The predicted molar refractivity (Wildman–Crippen MR) is 67.9 cm³/mol. The summed E-state index contributed by atoms with van der Waals surface area (Å²) >= 11 is 1.40. The highest BCUT2D eigenvalue weighted by Gasteiger charge is 2.47. The SMILES string of the molecule is COc1ccc2sc(N3CC(C(F)(F)F)C3)nc2c1. The van der Waals surface area contributed by atoms with Crippen molar-refractivity contribution in [3.8, 4) is 5.75 Å². The van der Waals surface area contributed by atoms with Crippen molar-refractivity contribution in [2.24, 2.45) is 5.92 Å². The Labute approximate surface area is 111 Å². The molecule has 1 saturated heterocycles. The minimum absolute atomic E-state index is 0.000453. The van der Waals surface area contributed by atoms with Gasteiger partial charge in [0, 0.05) is 19.2 Å². The molecule has 3 nitrogen and oxygen atoms in total. The smallest absolute Gasteiger partial charge is 0.395 e. The largest absolute Gasteiger partial charge is 0.497 e. The number of thiazole rings is 1. The molecule has 19 heavy (non-hydrogen) atoms. The molecule has 1 aliphatic rings. The zero-order valence-corrected chi connectivity index (χ0v) is 10.9. The van der Waals surface area contributed by atoms with Gasteiger partial charge < -0.3 is 9.64 Å². The zero-order valence-electron chi connectivity index (χ0n) is 10.1. The van der Waals surface area contributed by atoms with Crippen LogP contribution < -0.4 is 9.64 Å². The van der Waals surface area contributed by atoms with E-state index >= 15 is 0 Å². The second kappa shape index (κ2) is 4.26. The molecule has 0 radical (unpaired) electrons. The number of halogens is 3. The highest BCUT2D eigenvalue weighted by Crippen LogP contribution is 2.39. The molecule has 7 heteroatoms. The number of hydrogen-bond donors (Lipinski definition) is 0.